The second kappa shape index (κ2) is 4.74. The van der Waals surface area contributed by atoms with Crippen LogP contribution in [0.15, 0.2) is 24.3 Å². The van der Waals surface area contributed by atoms with Gasteiger partial charge in [-0.3, -0.25) is 5.84 Å². The lowest BCUT2D eigenvalue weighted by molar-refractivity contribution is 0.824. The van der Waals surface area contributed by atoms with Crippen molar-refractivity contribution in [3.8, 4) is 0 Å². The van der Waals surface area contributed by atoms with Gasteiger partial charge >= 0.3 is 0 Å². The molecule has 12 heavy (non-hydrogen) atoms. The van der Waals surface area contributed by atoms with Crippen LogP contribution in [0, 0.1) is 0 Å². The first-order valence-electron chi connectivity index (χ1n) is 3.80. The molecule has 0 atom stereocenters. The molecule has 3 heteroatoms. The monoisotopic (exact) mass is 168 g/mol. The van der Waals surface area contributed by atoms with Crippen molar-refractivity contribution in [3.63, 3.8) is 0 Å². The molecule has 68 valence electrons. The van der Waals surface area contributed by atoms with Crippen LogP contribution >= 0.6 is 0 Å². The molecule has 1 aromatic carbocycles. The minimum atomic E-state index is 0. The topological polar surface area (TPSA) is 69.5 Å². The Balaban J connectivity index is 0.00000121. The van der Waals surface area contributed by atoms with Crippen LogP contribution in [0.2, 0.25) is 0 Å². The highest BCUT2D eigenvalue weighted by molar-refractivity contribution is 5.43. The van der Waals surface area contributed by atoms with E-state index in [-0.39, 0.29) is 5.48 Å². The number of nitrogen functional groups attached to an aromatic ring is 1. The number of hydrazine groups is 1. The van der Waals surface area contributed by atoms with Gasteiger partial charge in [-0.05, 0) is 23.6 Å². The second-order valence-electron chi connectivity index (χ2n) is 2.92. The third-order valence-corrected chi connectivity index (χ3v) is 1.74. The summed E-state index contributed by atoms with van der Waals surface area (Å²) >= 11 is 0. The predicted octanol–water partition coefficient (Wildman–Crippen LogP) is 1.27. The Kier molecular flexibility index (Phi) is 4.33. The van der Waals surface area contributed by atoms with E-state index in [9.17, 15) is 0 Å². The number of nitrogens with two attached hydrogens (primary N) is 1. The van der Waals surface area contributed by atoms with Gasteiger partial charge in [0.15, 0.2) is 0 Å². The van der Waals surface area contributed by atoms with Crippen LogP contribution in [-0.4, -0.2) is 5.48 Å². The van der Waals surface area contributed by atoms with Crippen molar-refractivity contribution in [2.75, 3.05) is 5.43 Å². The Hall–Kier alpha value is -1.06. The molecule has 1 aromatic rings. The van der Waals surface area contributed by atoms with Gasteiger partial charge in [0.05, 0.1) is 0 Å². The molecule has 0 bridgehead atoms. The van der Waals surface area contributed by atoms with Crippen LogP contribution in [-0.2, 0) is 0 Å². The van der Waals surface area contributed by atoms with Crippen LogP contribution in [0.25, 0.3) is 0 Å². The van der Waals surface area contributed by atoms with Crippen LogP contribution in [0.5, 0.6) is 0 Å². The van der Waals surface area contributed by atoms with E-state index < -0.39 is 0 Å². The van der Waals surface area contributed by atoms with Gasteiger partial charge < -0.3 is 10.9 Å². The lowest BCUT2D eigenvalue weighted by Crippen LogP contribution is -2.06. The number of hydrogen-bond acceptors (Lipinski definition) is 2. The molecule has 0 saturated heterocycles. The number of hydrogen-bond donors (Lipinski definition) is 2. The summed E-state index contributed by atoms with van der Waals surface area (Å²) in [4.78, 5) is 0. The Morgan fingerprint density at radius 1 is 1.17 bits per heavy atom. The van der Waals surface area contributed by atoms with Crippen molar-refractivity contribution in [1.29, 1.82) is 0 Å². The molecule has 0 aromatic heterocycles. The molecule has 3 nitrogen and oxygen atoms in total. The Morgan fingerprint density at radius 3 is 2.00 bits per heavy atom. The van der Waals surface area contributed by atoms with E-state index in [1.165, 1.54) is 5.56 Å². The van der Waals surface area contributed by atoms with E-state index in [1.54, 1.807) is 0 Å². The number of nitrogens with one attached hydrogen (secondary N) is 1. The Morgan fingerprint density at radius 2 is 1.67 bits per heavy atom. The van der Waals surface area contributed by atoms with E-state index in [0.29, 0.717) is 5.92 Å². The van der Waals surface area contributed by atoms with E-state index in [2.05, 4.69) is 31.4 Å². The van der Waals surface area contributed by atoms with Crippen LogP contribution in [0.3, 0.4) is 0 Å². The van der Waals surface area contributed by atoms with Gasteiger partial charge in [0, 0.05) is 5.69 Å². The van der Waals surface area contributed by atoms with Gasteiger partial charge in [0.1, 0.15) is 0 Å². The van der Waals surface area contributed by atoms with E-state index in [4.69, 9.17) is 5.84 Å². The first kappa shape index (κ1) is 10.9. The molecule has 0 aliphatic heterocycles. The van der Waals surface area contributed by atoms with Crippen molar-refractivity contribution >= 4 is 5.69 Å². The van der Waals surface area contributed by atoms with E-state index in [0.717, 1.165) is 5.69 Å². The van der Waals surface area contributed by atoms with Crippen LogP contribution in [0.1, 0.15) is 25.3 Å². The molecular weight excluding hydrogens is 152 g/mol. The predicted molar refractivity (Wildman–Crippen MR) is 52.0 cm³/mol. The average Bonchev–Trinajstić information content (AvgIpc) is 2.05. The largest absolute Gasteiger partial charge is 0.412 e. The molecule has 0 aliphatic rings. The van der Waals surface area contributed by atoms with Crippen molar-refractivity contribution in [2.24, 2.45) is 5.84 Å². The minimum absolute atomic E-state index is 0. The molecular formula is C9H16N2O. The normalized spacial score (nSPS) is 9.33. The number of anilines is 1. The highest BCUT2D eigenvalue weighted by Crippen LogP contribution is 2.16. The van der Waals surface area contributed by atoms with Crippen molar-refractivity contribution in [1.82, 2.24) is 0 Å². The highest BCUT2D eigenvalue weighted by atomic mass is 16.0. The molecule has 0 amide bonds. The molecule has 0 radical (unpaired) electrons. The molecule has 0 fully saturated rings. The summed E-state index contributed by atoms with van der Waals surface area (Å²) in [5.74, 6) is 5.81. The maximum absolute atomic E-state index is 5.23. The summed E-state index contributed by atoms with van der Waals surface area (Å²) < 4.78 is 0. The maximum Gasteiger partial charge on any atom is 0.0485 e. The summed E-state index contributed by atoms with van der Waals surface area (Å²) in [5, 5.41) is 0. The van der Waals surface area contributed by atoms with Gasteiger partial charge in [-0.15, -0.1) is 0 Å². The first-order chi connectivity index (χ1) is 5.24. The Bertz CT molecular complexity index is 218. The fourth-order valence-electron chi connectivity index (χ4n) is 0.964. The zero-order valence-corrected chi connectivity index (χ0v) is 7.46. The Labute approximate surface area is 72.9 Å². The number of benzene rings is 1. The smallest absolute Gasteiger partial charge is 0.0485 e. The summed E-state index contributed by atoms with van der Waals surface area (Å²) in [6, 6.07) is 8.13. The number of rotatable bonds is 2. The zero-order chi connectivity index (χ0) is 8.27. The molecule has 5 N–H and O–H groups in total. The van der Waals surface area contributed by atoms with Gasteiger partial charge in [0.25, 0.3) is 0 Å². The minimum Gasteiger partial charge on any atom is -0.412 e. The lowest BCUT2D eigenvalue weighted by Gasteiger charge is -2.05. The van der Waals surface area contributed by atoms with Gasteiger partial charge in [-0.25, -0.2) is 0 Å². The molecule has 0 spiro atoms. The van der Waals surface area contributed by atoms with E-state index >= 15 is 0 Å². The standard InChI is InChI=1S/C9H14N2.H2O/c1-7(2)8-3-5-9(11-10)6-4-8;/h3-7,11H,10H2,1-2H3;1H2. The first-order valence-corrected chi connectivity index (χ1v) is 3.80. The highest BCUT2D eigenvalue weighted by Gasteiger charge is 1.96. The summed E-state index contributed by atoms with van der Waals surface area (Å²) in [6.07, 6.45) is 0. The summed E-state index contributed by atoms with van der Waals surface area (Å²) in [7, 11) is 0. The summed E-state index contributed by atoms with van der Waals surface area (Å²) in [6.45, 7) is 4.34. The van der Waals surface area contributed by atoms with Crippen molar-refractivity contribution in [2.45, 2.75) is 19.8 Å². The van der Waals surface area contributed by atoms with E-state index in [1.807, 2.05) is 12.1 Å². The third-order valence-electron chi connectivity index (χ3n) is 1.74. The third kappa shape index (κ3) is 2.53. The molecule has 0 unspecified atom stereocenters. The van der Waals surface area contributed by atoms with Gasteiger partial charge in [0.2, 0.25) is 0 Å². The average molecular weight is 168 g/mol. The molecule has 1 rings (SSSR count). The maximum atomic E-state index is 5.23. The van der Waals surface area contributed by atoms with Crippen molar-refractivity contribution < 1.29 is 5.48 Å². The van der Waals surface area contributed by atoms with Crippen LogP contribution < -0.4 is 11.3 Å². The van der Waals surface area contributed by atoms with Gasteiger partial charge in [-0.1, -0.05) is 26.0 Å². The SMILES string of the molecule is CC(C)c1ccc(NN)cc1.O. The summed E-state index contributed by atoms with van der Waals surface area (Å²) in [5.41, 5.74) is 4.88. The zero-order valence-electron chi connectivity index (χ0n) is 7.46. The lowest BCUT2D eigenvalue weighted by atomic mass is 10.0. The molecule has 0 aliphatic carbocycles. The van der Waals surface area contributed by atoms with Crippen molar-refractivity contribution in [3.05, 3.63) is 29.8 Å². The molecule has 0 heterocycles. The second-order valence-corrected chi connectivity index (χ2v) is 2.92. The fraction of sp³-hybridized carbons (Fsp3) is 0.333. The fourth-order valence-corrected chi connectivity index (χ4v) is 0.964. The van der Waals surface area contributed by atoms with Crippen LogP contribution in [0.4, 0.5) is 5.69 Å². The molecule has 0 saturated carbocycles. The van der Waals surface area contributed by atoms with Gasteiger partial charge in [-0.2, -0.15) is 0 Å². The quantitative estimate of drug-likeness (QED) is 0.515.